The van der Waals surface area contributed by atoms with Gasteiger partial charge < -0.3 is 14.0 Å². The number of halogens is 1. The first-order valence-corrected chi connectivity index (χ1v) is 6.65. The molecule has 108 valence electrons. The van der Waals surface area contributed by atoms with Gasteiger partial charge in [-0.2, -0.15) is 0 Å². The molecule has 2 rings (SSSR count). The number of rotatable bonds is 3. The summed E-state index contributed by atoms with van der Waals surface area (Å²) >= 11 is 6.19. The van der Waals surface area contributed by atoms with Crippen molar-refractivity contribution in [1.29, 1.82) is 0 Å². The van der Waals surface area contributed by atoms with Crippen LogP contribution in [0.3, 0.4) is 0 Å². The van der Waals surface area contributed by atoms with E-state index in [2.05, 4.69) is 4.98 Å². The second kappa shape index (κ2) is 5.02. The summed E-state index contributed by atoms with van der Waals surface area (Å²) in [4.78, 5) is 15.0. The maximum atomic E-state index is 11.0. The minimum atomic E-state index is -0.664. The van der Waals surface area contributed by atoms with Gasteiger partial charge in [0.25, 0.3) is 0 Å². The van der Waals surface area contributed by atoms with Crippen LogP contribution in [0.4, 0.5) is 0 Å². The molecular weight excluding hydrogens is 280 g/mol. The molecule has 0 radical (unpaired) electrons. The number of methoxy groups -OCH3 is 1. The number of hydrogen-bond donors (Lipinski definition) is 0. The van der Waals surface area contributed by atoms with E-state index in [1.165, 1.54) is 7.11 Å². The molecule has 0 bridgehead atoms. The van der Waals surface area contributed by atoms with Crippen molar-refractivity contribution in [2.24, 2.45) is 0 Å². The van der Waals surface area contributed by atoms with Crippen LogP contribution in [-0.4, -0.2) is 36.7 Å². The van der Waals surface area contributed by atoms with Crippen LogP contribution in [0.15, 0.2) is 6.07 Å². The standard InChI is InChI=1S/C13H17BClNO4/c1-12(2)13(3,4)20-14(19-12)8-6-10(18-5)16-9(7-17)11(8)15/h6-7H,1-5H3. The van der Waals surface area contributed by atoms with Gasteiger partial charge in [-0.3, -0.25) is 4.79 Å². The van der Waals surface area contributed by atoms with Gasteiger partial charge in [-0.1, -0.05) is 11.6 Å². The number of nitrogens with zero attached hydrogens (tertiary/aromatic N) is 1. The van der Waals surface area contributed by atoms with Crippen LogP contribution in [0, 0.1) is 0 Å². The van der Waals surface area contributed by atoms with E-state index in [1.807, 2.05) is 27.7 Å². The fraction of sp³-hybridized carbons (Fsp3) is 0.538. The van der Waals surface area contributed by atoms with Crippen molar-refractivity contribution in [2.75, 3.05) is 7.11 Å². The first-order valence-electron chi connectivity index (χ1n) is 6.27. The van der Waals surface area contributed by atoms with Crippen molar-refractivity contribution in [1.82, 2.24) is 4.98 Å². The van der Waals surface area contributed by atoms with Crippen molar-refractivity contribution in [3.8, 4) is 5.88 Å². The first-order chi connectivity index (χ1) is 9.21. The summed E-state index contributed by atoms with van der Waals surface area (Å²) < 4.78 is 16.9. The van der Waals surface area contributed by atoms with Gasteiger partial charge in [-0.15, -0.1) is 0 Å². The molecule has 1 aliphatic heterocycles. The van der Waals surface area contributed by atoms with Crippen molar-refractivity contribution < 1.29 is 18.8 Å². The Labute approximate surface area is 123 Å². The van der Waals surface area contributed by atoms with E-state index >= 15 is 0 Å². The second-order valence-electron chi connectivity index (χ2n) is 5.66. The summed E-state index contributed by atoms with van der Waals surface area (Å²) in [5.41, 5.74) is -0.326. The molecule has 1 saturated heterocycles. The highest BCUT2D eigenvalue weighted by molar-refractivity contribution is 6.66. The Hall–Kier alpha value is -1.11. The molecule has 1 aromatic heterocycles. The maximum Gasteiger partial charge on any atom is 0.496 e. The third-order valence-electron chi connectivity index (χ3n) is 3.82. The molecule has 0 spiro atoms. The monoisotopic (exact) mass is 297 g/mol. The number of carbonyl (C=O) groups is 1. The lowest BCUT2D eigenvalue weighted by atomic mass is 9.79. The molecule has 20 heavy (non-hydrogen) atoms. The summed E-state index contributed by atoms with van der Waals surface area (Å²) in [5, 5.41) is 0.222. The number of hydrogen-bond acceptors (Lipinski definition) is 5. The van der Waals surface area contributed by atoms with Crippen LogP contribution in [0.5, 0.6) is 5.88 Å². The minimum absolute atomic E-state index is 0.107. The SMILES string of the molecule is COc1cc(B2OC(C)(C)C(C)(C)O2)c(Cl)c(C=O)n1. The Morgan fingerprint density at radius 1 is 1.30 bits per heavy atom. The fourth-order valence-electron chi connectivity index (χ4n) is 1.87. The molecule has 0 atom stereocenters. The lowest BCUT2D eigenvalue weighted by molar-refractivity contribution is 0.00578. The van der Waals surface area contributed by atoms with Gasteiger partial charge in [-0.05, 0) is 27.7 Å². The van der Waals surface area contributed by atoms with Crippen molar-refractivity contribution in [2.45, 2.75) is 38.9 Å². The third kappa shape index (κ3) is 2.43. The zero-order valence-corrected chi connectivity index (χ0v) is 12.9. The Morgan fingerprint density at radius 2 is 1.85 bits per heavy atom. The average molecular weight is 298 g/mol. The lowest BCUT2D eigenvalue weighted by Crippen LogP contribution is -2.41. The Balaban J connectivity index is 2.47. The fourth-order valence-corrected chi connectivity index (χ4v) is 2.10. The van der Waals surface area contributed by atoms with E-state index in [1.54, 1.807) is 6.07 Å². The van der Waals surface area contributed by atoms with E-state index in [9.17, 15) is 4.79 Å². The van der Waals surface area contributed by atoms with Gasteiger partial charge in [0.05, 0.1) is 23.3 Å². The molecule has 0 unspecified atom stereocenters. The molecule has 0 aliphatic carbocycles. The summed E-state index contributed by atoms with van der Waals surface area (Å²) in [7, 11) is 0.807. The normalized spacial score (nSPS) is 20.0. The molecule has 5 nitrogen and oxygen atoms in total. The van der Waals surface area contributed by atoms with Gasteiger partial charge >= 0.3 is 7.12 Å². The second-order valence-corrected chi connectivity index (χ2v) is 6.04. The number of aldehydes is 1. The van der Waals surface area contributed by atoms with Gasteiger partial charge in [0.2, 0.25) is 5.88 Å². The minimum Gasteiger partial charge on any atom is -0.481 e. The Bertz CT molecular complexity index is 531. The summed E-state index contributed by atoms with van der Waals surface area (Å²) in [6, 6.07) is 1.62. The van der Waals surface area contributed by atoms with E-state index in [0.717, 1.165) is 0 Å². The third-order valence-corrected chi connectivity index (χ3v) is 4.23. The summed E-state index contributed by atoms with van der Waals surface area (Å²) in [5.74, 6) is 0.293. The van der Waals surface area contributed by atoms with Crippen LogP contribution in [0.25, 0.3) is 0 Å². The summed E-state index contributed by atoms with van der Waals surface area (Å²) in [6.45, 7) is 7.78. The van der Waals surface area contributed by atoms with Crippen LogP contribution in [0.1, 0.15) is 38.2 Å². The Kier molecular flexibility index (Phi) is 3.84. The molecule has 2 heterocycles. The number of ether oxygens (including phenoxy) is 1. The van der Waals surface area contributed by atoms with Gasteiger partial charge in [0.1, 0.15) is 5.69 Å². The predicted octanol–water partition coefficient (Wildman–Crippen LogP) is 1.86. The number of pyridine rings is 1. The Morgan fingerprint density at radius 3 is 2.30 bits per heavy atom. The molecule has 1 aromatic rings. The first kappa shape index (κ1) is 15.3. The largest absolute Gasteiger partial charge is 0.496 e. The zero-order valence-electron chi connectivity index (χ0n) is 12.2. The van der Waals surface area contributed by atoms with Crippen LogP contribution in [0.2, 0.25) is 5.02 Å². The highest BCUT2D eigenvalue weighted by Crippen LogP contribution is 2.37. The quantitative estimate of drug-likeness (QED) is 0.629. The van der Waals surface area contributed by atoms with Crippen molar-refractivity contribution in [3.05, 3.63) is 16.8 Å². The molecular formula is C13H17BClNO4. The predicted molar refractivity (Wildman–Crippen MR) is 76.9 cm³/mol. The average Bonchev–Trinajstić information content (AvgIpc) is 2.58. The van der Waals surface area contributed by atoms with Crippen LogP contribution in [-0.2, 0) is 9.31 Å². The van der Waals surface area contributed by atoms with Crippen molar-refractivity contribution in [3.63, 3.8) is 0 Å². The van der Waals surface area contributed by atoms with Gasteiger partial charge in [-0.25, -0.2) is 4.98 Å². The molecule has 7 heteroatoms. The topological polar surface area (TPSA) is 57.7 Å². The van der Waals surface area contributed by atoms with Gasteiger partial charge in [0, 0.05) is 11.5 Å². The van der Waals surface area contributed by atoms with Crippen LogP contribution >= 0.6 is 11.6 Å². The molecule has 1 aliphatic rings. The molecule has 1 fully saturated rings. The molecule has 0 amide bonds. The molecule has 0 N–H and O–H groups in total. The van der Waals surface area contributed by atoms with E-state index < -0.39 is 18.3 Å². The van der Waals surface area contributed by atoms with E-state index in [0.29, 0.717) is 17.6 Å². The van der Waals surface area contributed by atoms with E-state index in [4.69, 9.17) is 25.6 Å². The van der Waals surface area contributed by atoms with Crippen molar-refractivity contribution >= 4 is 30.5 Å². The van der Waals surface area contributed by atoms with Gasteiger partial charge in [0.15, 0.2) is 6.29 Å². The maximum absolute atomic E-state index is 11.0. The smallest absolute Gasteiger partial charge is 0.481 e. The highest BCUT2D eigenvalue weighted by Gasteiger charge is 2.52. The molecule has 0 aromatic carbocycles. The van der Waals surface area contributed by atoms with E-state index in [-0.39, 0.29) is 10.7 Å². The molecule has 0 saturated carbocycles. The summed E-state index contributed by atoms with van der Waals surface area (Å²) in [6.07, 6.45) is 0.583. The zero-order chi connectivity index (χ0) is 15.1. The number of aromatic nitrogens is 1. The highest BCUT2D eigenvalue weighted by atomic mass is 35.5. The lowest BCUT2D eigenvalue weighted by Gasteiger charge is -2.32. The van der Waals surface area contributed by atoms with Crippen LogP contribution < -0.4 is 10.2 Å². The number of carbonyl (C=O) groups excluding carboxylic acids is 1.